The molecular weight excluding hydrogens is 661 g/mol. The maximum Gasteiger partial charge on any atom is 0.328 e. The number of carboxylic acids is 4. The predicted octanol–water partition coefficient (Wildman–Crippen LogP) is 1.64. The molecule has 2 aromatic rings. The molecule has 4 rings (SSSR count). The Balaban J connectivity index is 0.000000613. The first-order valence-corrected chi connectivity index (χ1v) is 15.4. The highest BCUT2D eigenvalue weighted by Gasteiger charge is 2.28. The van der Waals surface area contributed by atoms with Crippen LogP contribution in [0.1, 0.15) is 28.9 Å². The van der Waals surface area contributed by atoms with Crippen LogP contribution >= 0.6 is 0 Å². The number of hydrogen-bond acceptors (Lipinski definition) is 10. The third kappa shape index (κ3) is 16.9. The van der Waals surface area contributed by atoms with Crippen LogP contribution in [0.2, 0.25) is 0 Å². The molecule has 2 atom stereocenters. The van der Waals surface area contributed by atoms with Gasteiger partial charge < -0.3 is 40.6 Å². The fourth-order valence-corrected chi connectivity index (χ4v) is 5.07. The zero-order valence-electron chi connectivity index (χ0n) is 27.6. The van der Waals surface area contributed by atoms with Crippen LogP contribution in [-0.4, -0.2) is 141 Å². The van der Waals surface area contributed by atoms with E-state index in [0.29, 0.717) is 29.9 Å². The first-order valence-electron chi connectivity index (χ1n) is 15.4. The van der Waals surface area contributed by atoms with Gasteiger partial charge >= 0.3 is 23.9 Å². The molecule has 7 N–H and O–H groups in total. The zero-order valence-corrected chi connectivity index (χ0v) is 27.6. The molecule has 50 heavy (non-hydrogen) atoms. The Kier molecular flexibility index (Phi) is 19.4. The topological polar surface area (TPSA) is 237 Å². The molecule has 0 saturated carbocycles. The van der Waals surface area contributed by atoms with Crippen LogP contribution in [0.15, 0.2) is 72.8 Å². The molecule has 0 bridgehead atoms. The number of phenols is 1. The van der Waals surface area contributed by atoms with Crippen molar-refractivity contribution >= 4 is 29.7 Å². The molecule has 16 heteroatoms. The van der Waals surface area contributed by atoms with Gasteiger partial charge in [-0.1, -0.05) is 19.1 Å². The second kappa shape index (κ2) is 22.6. The quantitative estimate of drug-likeness (QED) is 0.156. The fraction of sp³-hybridized carbons (Fsp3) is 0.382. The van der Waals surface area contributed by atoms with Gasteiger partial charge in [-0.25, -0.2) is 23.6 Å². The number of aromatic hydroxyl groups is 1. The molecular formula is C34H44FN3O12. The minimum atomic E-state index is -1.26. The number of phenolic OH excluding ortho intramolecular Hbond substituents is 1. The van der Waals surface area contributed by atoms with Crippen molar-refractivity contribution in [2.24, 2.45) is 5.92 Å². The lowest BCUT2D eigenvalue weighted by atomic mass is 9.98. The number of nitrogens with zero attached hydrogens (tertiary/aromatic N) is 3. The Bertz CT molecular complexity index is 1370. The van der Waals surface area contributed by atoms with Gasteiger partial charge in [-0.15, -0.1) is 0 Å². The number of benzene rings is 2. The fourth-order valence-electron chi connectivity index (χ4n) is 5.07. The summed E-state index contributed by atoms with van der Waals surface area (Å²) in [5.41, 5.74) is 1.79. The van der Waals surface area contributed by atoms with Gasteiger partial charge in [0.2, 0.25) is 0 Å². The Morgan fingerprint density at radius 3 is 1.54 bits per heavy atom. The lowest BCUT2D eigenvalue weighted by molar-refractivity contribution is -0.134. The van der Waals surface area contributed by atoms with Gasteiger partial charge in [0.25, 0.3) is 0 Å². The molecule has 2 aliphatic heterocycles. The average Bonchev–Trinajstić information content (AvgIpc) is 3.07. The smallest absolute Gasteiger partial charge is 0.328 e. The maximum absolute atomic E-state index is 13.5. The molecule has 0 radical (unpaired) electrons. The highest BCUT2D eigenvalue weighted by molar-refractivity contribution is 5.97. The van der Waals surface area contributed by atoms with Crippen molar-refractivity contribution < 1.29 is 64.1 Å². The van der Waals surface area contributed by atoms with Crippen LogP contribution < -0.4 is 0 Å². The van der Waals surface area contributed by atoms with Crippen LogP contribution in [-0.2, 0) is 23.9 Å². The Morgan fingerprint density at radius 1 is 0.700 bits per heavy atom. The lowest BCUT2D eigenvalue weighted by Gasteiger charge is -2.41. The summed E-state index contributed by atoms with van der Waals surface area (Å²) in [4.78, 5) is 58.2. The summed E-state index contributed by atoms with van der Waals surface area (Å²) in [5, 5.41) is 40.7. The maximum atomic E-state index is 13.5. The number of rotatable bonds is 12. The van der Waals surface area contributed by atoms with Gasteiger partial charge in [0.05, 0.1) is 13.2 Å². The number of hydrogen-bond donors (Lipinski definition) is 5. The van der Waals surface area contributed by atoms with E-state index >= 15 is 0 Å². The molecule has 2 saturated heterocycles. The average molecular weight is 706 g/mol. The summed E-state index contributed by atoms with van der Waals surface area (Å²) in [6, 6.07) is 13.6. The van der Waals surface area contributed by atoms with Crippen LogP contribution in [0.3, 0.4) is 0 Å². The molecule has 15 nitrogen and oxygen atoms in total. The van der Waals surface area contributed by atoms with E-state index in [1.54, 1.807) is 36.4 Å². The van der Waals surface area contributed by atoms with Gasteiger partial charge in [0.15, 0.2) is 5.78 Å². The third-order valence-electron chi connectivity index (χ3n) is 7.51. The minimum Gasteiger partial charge on any atom is -0.508 e. The number of Topliss-reactive ketones (excluding diaryl/α,β-unsaturated/α-hetero) is 1. The first kappa shape index (κ1) is 43.0. The summed E-state index contributed by atoms with van der Waals surface area (Å²) in [7, 11) is 0. The summed E-state index contributed by atoms with van der Waals surface area (Å²) >= 11 is 0. The van der Waals surface area contributed by atoms with Crippen molar-refractivity contribution in [3.05, 3.63) is 89.8 Å². The summed E-state index contributed by atoms with van der Waals surface area (Å²) in [5.74, 6) is -5.04. The highest BCUT2D eigenvalue weighted by Crippen LogP contribution is 2.24. The van der Waals surface area contributed by atoms with Crippen molar-refractivity contribution in [2.45, 2.75) is 13.0 Å². The third-order valence-corrected chi connectivity index (χ3v) is 7.51. The molecule has 0 aromatic heterocycles. The first-order chi connectivity index (χ1) is 23.2. The SMILES string of the molecule is CC(CN1CCN(CC(c2ccc(F)cc2)N2CCOCC2)CC1)C(=O)c1ccc(O)cc1.O.O=C(O)C=CC(=O)O.O=C(O)C=CC(=O)O. The largest absolute Gasteiger partial charge is 0.508 e. The van der Waals surface area contributed by atoms with Crippen molar-refractivity contribution in [1.29, 1.82) is 0 Å². The number of piperazine rings is 1. The molecule has 0 aliphatic carbocycles. The molecule has 0 amide bonds. The van der Waals surface area contributed by atoms with Crippen molar-refractivity contribution in [3.8, 4) is 5.75 Å². The van der Waals surface area contributed by atoms with E-state index in [1.165, 1.54) is 0 Å². The number of morpholine rings is 1. The summed E-state index contributed by atoms with van der Waals surface area (Å²) < 4.78 is 19.0. The Labute approximate surface area is 288 Å². The van der Waals surface area contributed by atoms with E-state index < -0.39 is 23.9 Å². The van der Waals surface area contributed by atoms with Crippen LogP contribution in [0.4, 0.5) is 4.39 Å². The van der Waals surface area contributed by atoms with E-state index in [2.05, 4.69) is 14.7 Å². The second-order valence-electron chi connectivity index (χ2n) is 11.1. The molecule has 2 aromatic carbocycles. The van der Waals surface area contributed by atoms with E-state index in [-0.39, 0.29) is 34.8 Å². The van der Waals surface area contributed by atoms with Gasteiger partial charge in [0.1, 0.15) is 11.6 Å². The van der Waals surface area contributed by atoms with Crippen LogP contribution in [0.25, 0.3) is 0 Å². The van der Waals surface area contributed by atoms with Gasteiger partial charge in [-0.05, 0) is 42.0 Å². The van der Waals surface area contributed by atoms with Crippen molar-refractivity contribution in [2.75, 3.05) is 65.6 Å². The standard InChI is InChI=1S/C26H34FN3O3.2C4H4O4.H2O/c1-20(26(32)22-4-8-24(31)9-5-22)18-28-10-12-29(13-11-28)19-25(30-14-16-33-17-15-30)21-2-6-23(27)7-3-21;2*5-3(6)1-2-4(7)8;/h2-9,20,25,31H,10-19H2,1H3;2*1-2H,(H,5,6)(H,7,8);1H2. The molecule has 2 aliphatic rings. The van der Waals surface area contributed by atoms with E-state index in [0.717, 1.165) is 71.1 Å². The molecule has 2 heterocycles. The zero-order chi connectivity index (χ0) is 36.3. The molecule has 2 unspecified atom stereocenters. The highest BCUT2D eigenvalue weighted by atomic mass is 19.1. The van der Waals surface area contributed by atoms with Crippen LogP contribution in [0.5, 0.6) is 5.75 Å². The lowest BCUT2D eigenvalue weighted by Crippen LogP contribution is -2.51. The second-order valence-corrected chi connectivity index (χ2v) is 11.1. The molecule has 274 valence electrons. The van der Waals surface area contributed by atoms with Gasteiger partial charge in [0, 0.05) is 94.2 Å². The monoisotopic (exact) mass is 705 g/mol. The minimum absolute atomic E-state index is 0. The number of halogens is 1. The number of ether oxygens (including phenoxy) is 1. The predicted molar refractivity (Wildman–Crippen MR) is 178 cm³/mol. The van der Waals surface area contributed by atoms with Gasteiger partial charge in [-0.3, -0.25) is 14.6 Å². The number of carbonyl (C=O) groups is 5. The van der Waals surface area contributed by atoms with E-state index in [4.69, 9.17) is 25.2 Å². The van der Waals surface area contributed by atoms with E-state index in [9.17, 15) is 33.5 Å². The number of ketones is 1. The molecule has 0 spiro atoms. The normalized spacial score (nSPS) is 16.5. The Hall–Kier alpha value is -5.00. The van der Waals surface area contributed by atoms with Crippen molar-refractivity contribution in [1.82, 2.24) is 14.7 Å². The number of aliphatic carboxylic acids is 4. The Morgan fingerprint density at radius 2 is 1.12 bits per heavy atom. The van der Waals surface area contributed by atoms with Crippen LogP contribution in [0, 0.1) is 11.7 Å². The number of carbonyl (C=O) groups excluding carboxylic acids is 1. The van der Waals surface area contributed by atoms with Gasteiger partial charge in [-0.2, -0.15) is 0 Å². The van der Waals surface area contributed by atoms with Crippen molar-refractivity contribution in [3.63, 3.8) is 0 Å². The van der Waals surface area contributed by atoms with E-state index in [1.807, 2.05) is 19.1 Å². The summed E-state index contributed by atoms with van der Waals surface area (Å²) in [6.07, 6.45) is 2.23. The number of carboxylic acid groups (broad SMARTS) is 4. The summed E-state index contributed by atoms with van der Waals surface area (Å²) in [6.45, 7) is 10.6. The molecule has 2 fully saturated rings.